The molecular formula is C23H17Cl6NO5S. The molecule has 2 N–H and O–H groups in total. The van der Waals surface area contributed by atoms with Crippen LogP contribution in [0.5, 0.6) is 0 Å². The number of esters is 1. The fraction of sp³-hybridized carbons (Fsp3) is 0.348. The number of alkyl halides is 4. The van der Waals surface area contributed by atoms with Crippen LogP contribution in [0.25, 0.3) is 11.1 Å². The van der Waals surface area contributed by atoms with Crippen LogP contribution < -0.4 is 5.32 Å². The third-order valence-electron chi connectivity index (χ3n) is 6.35. The Morgan fingerprint density at radius 3 is 2.11 bits per heavy atom. The summed E-state index contributed by atoms with van der Waals surface area (Å²) in [6, 6.07) is 9.07. The van der Waals surface area contributed by atoms with Crippen molar-refractivity contribution in [2.24, 2.45) is 11.8 Å². The molecule has 2 bridgehead atoms. The van der Waals surface area contributed by atoms with Crippen molar-refractivity contribution in [3.63, 3.8) is 0 Å². The second-order valence-corrected chi connectivity index (χ2v) is 12.7. The van der Waals surface area contributed by atoms with E-state index >= 15 is 0 Å². The second-order valence-electron chi connectivity index (χ2n) is 8.23. The molecule has 0 saturated heterocycles. The maximum absolute atomic E-state index is 13.7. The van der Waals surface area contributed by atoms with Gasteiger partial charge in [-0.2, -0.15) is 0 Å². The lowest BCUT2D eigenvalue weighted by molar-refractivity contribution is -0.146. The number of anilines is 1. The van der Waals surface area contributed by atoms with Crippen molar-refractivity contribution < 1.29 is 24.2 Å². The Morgan fingerprint density at radius 1 is 1.03 bits per heavy atom. The minimum Gasteiger partial charge on any atom is -0.481 e. The van der Waals surface area contributed by atoms with Crippen LogP contribution in [0, 0.1) is 18.8 Å². The van der Waals surface area contributed by atoms with Gasteiger partial charge in [0.05, 0.1) is 28.5 Å². The Hall–Kier alpha value is -1.19. The highest BCUT2D eigenvalue weighted by Crippen LogP contribution is 2.76. The zero-order valence-electron chi connectivity index (χ0n) is 18.5. The zero-order valence-corrected chi connectivity index (χ0v) is 23.9. The number of ether oxygens (including phenoxy) is 1. The molecule has 0 radical (unpaired) electrons. The number of benzene rings is 1. The van der Waals surface area contributed by atoms with Gasteiger partial charge in [0.1, 0.15) is 20.3 Å². The van der Waals surface area contributed by atoms with Crippen molar-refractivity contribution in [1.82, 2.24) is 0 Å². The van der Waals surface area contributed by atoms with E-state index in [-0.39, 0.29) is 27.2 Å². The number of hydrogen-bond donors (Lipinski definition) is 2. The molecular weight excluding hydrogens is 615 g/mol. The van der Waals surface area contributed by atoms with E-state index in [4.69, 9.17) is 74.3 Å². The van der Waals surface area contributed by atoms with Crippen LogP contribution >= 0.6 is 80.9 Å². The number of amides is 1. The summed E-state index contributed by atoms with van der Waals surface area (Å²) in [7, 11) is 0. The van der Waals surface area contributed by atoms with Gasteiger partial charge in [-0.05, 0) is 19.4 Å². The molecule has 2 aliphatic rings. The van der Waals surface area contributed by atoms with E-state index in [9.17, 15) is 19.5 Å². The van der Waals surface area contributed by atoms with Crippen LogP contribution in [0.15, 0.2) is 40.4 Å². The Bertz CT molecular complexity index is 1310. The quantitative estimate of drug-likeness (QED) is 0.265. The van der Waals surface area contributed by atoms with Gasteiger partial charge < -0.3 is 15.2 Å². The highest BCUT2D eigenvalue weighted by atomic mass is 35.5. The summed E-state index contributed by atoms with van der Waals surface area (Å²) in [5, 5.41) is 12.1. The summed E-state index contributed by atoms with van der Waals surface area (Å²) in [4.78, 5) is 35.4. The van der Waals surface area contributed by atoms with Crippen molar-refractivity contribution in [1.29, 1.82) is 0 Å². The fourth-order valence-electron chi connectivity index (χ4n) is 4.80. The number of carboxylic acid groups (broad SMARTS) is 1. The summed E-state index contributed by atoms with van der Waals surface area (Å²) in [6.45, 7) is 3.53. The number of hydrogen-bond acceptors (Lipinski definition) is 5. The first-order valence-electron chi connectivity index (χ1n) is 10.5. The van der Waals surface area contributed by atoms with Crippen LogP contribution in [-0.2, 0) is 14.3 Å². The molecule has 0 unspecified atom stereocenters. The van der Waals surface area contributed by atoms with Gasteiger partial charge >= 0.3 is 11.9 Å². The molecule has 1 aromatic heterocycles. The van der Waals surface area contributed by atoms with Gasteiger partial charge in [0, 0.05) is 10.4 Å². The first kappa shape index (κ1) is 27.8. The Labute approximate surface area is 240 Å². The van der Waals surface area contributed by atoms with E-state index in [1.54, 1.807) is 13.8 Å². The molecule has 0 spiro atoms. The van der Waals surface area contributed by atoms with Crippen LogP contribution in [0.3, 0.4) is 0 Å². The number of aryl methyl sites for hydroxylation is 1. The number of carbonyl (C=O) groups excluding carboxylic acids is 2. The van der Waals surface area contributed by atoms with Crippen LogP contribution in [-0.4, -0.2) is 43.6 Å². The molecule has 36 heavy (non-hydrogen) atoms. The average Bonchev–Trinajstić information content (AvgIpc) is 3.25. The molecule has 0 aliphatic heterocycles. The smallest absolute Gasteiger partial charge is 0.341 e. The number of aliphatic carboxylic acids is 1. The molecule has 1 saturated carbocycles. The maximum atomic E-state index is 13.7. The number of halogens is 6. The second kappa shape index (κ2) is 9.53. The average molecular weight is 632 g/mol. The van der Waals surface area contributed by atoms with Crippen LogP contribution in [0.1, 0.15) is 22.2 Å². The highest BCUT2D eigenvalue weighted by Gasteiger charge is 2.85. The van der Waals surface area contributed by atoms with Crippen molar-refractivity contribution >= 4 is 104 Å². The Kier molecular flexibility index (Phi) is 7.37. The molecule has 4 rings (SSSR count). The van der Waals surface area contributed by atoms with E-state index in [1.165, 1.54) is 0 Å². The topological polar surface area (TPSA) is 92.7 Å². The summed E-state index contributed by atoms with van der Waals surface area (Å²) in [5.41, 5.74) is 1.40. The van der Waals surface area contributed by atoms with E-state index < -0.39 is 43.8 Å². The van der Waals surface area contributed by atoms with Gasteiger partial charge in [-0.1, -0.05) is 76.7 Å². The largest absolute Gasteiger partial charge is 0.481 e. The first-order chi connectivity index (χ1) is 16.8. The monoisotopic (exact) mass is 629 g/mol. The van der Waals surface area contributed by atoms with Gasteiger partial charge in [0.25, 0.3) is 0 Å². The molecule has 2 aliphatic carbocycles. The van der Waals surface area contributed by atoms with Crippen LogP contribution in [0.2, 0.25) is 0 Å². The van der Waals surface area contributed by atoms with Crippen molar-refractivity contribution in [2.45, 2.75) is 27.9 Å². The van der Waals surface area contributed by atoms with Gasteiger partial charge in [0.2, 0.25) is 5.91 Å². The normalized spacial score (nSPS) is 28.3. The van der Waals surface area contributed by atoms with Crippen molar-refractivity contribution in [3.05, 3.63) is 50.8 Å². The van der Waals surface area contributed by atoms with Gasteiger partial charge in [0.15, 0.2) is 4.33 Å². The molecule has 6 nitrogen and oxygen atoms in total. The third-order valence-corrected chi connectivity index (χ3v) is 11.6. The van der Waals surface area contributed by atoms with E-state index in [2.05, 4.69) is 5.32 Å². The Morgan fingerprint density at radius 2 is 1.58 bits per heavy atom. The minimum atomic E-state index is -2.24. The molecule has 192 valence electrons. The number of carboxylic acids is 1. The molecule has 13 heteroatoms. The fourth-order valence-corrected chi connectivity index (χ4v) is 8.80. The highest BCUT2D eigenvalue weighted by molar-refractivity contribution is 7.17. The van der Waals surface area contributed by atoms with Crippen molar-refractivity contribution in [3.8, 4) is 11.1 Å². The maximum Gasteiger partial charge on any atom is 0.341 e. The van der Waals surface area contributed by atoms with E-state index in [0.29, 0.717) is 10.4 Å². The Balaban J connectivity index is 1.84. The van der Waals surface area contributed by atoms with Crippen molar-refractivity contribution in [2.75, 3.05) is 11.9 Å². The predicted molar refractivity (Wildman–Crippen MR) is 144 cm³/mol. The lowest BCUT2D eigenvalue weighted by Gasteiger charge is -2.33. The molecule has 1 aromatic carbocycles. The number of allylic oxidation sites excluding steroid dienone is 2. The third kappa shape index (κ3) is 3.62. The van der Waals surface area contributed by atoms with Gasteiger partial charge in [-0.3, -0.25) is 9.59 Å². The minimum absolute atomic E-state index is 0.0958. The summed E-state index contributed by atoms with van der Waals surface area (Å²) in [5.74, 6) is -6.45. The molecule has 2 aromatic rings. The SMILES string of the molecule is CCOC(=O)c1c(NC(=O)[C@@H]2[C@@H](C(=O)O)[C@]3(Cl)C(Cl)=C(Cl)[C@]2(Cl)C3(Cl)Cl)sc(C)c1-c1ccccc1. The molecule has 1 fully saturated rings. The van der Waals surface area contributed by atoms with E-state index in [1.807, 2.05) is 30.3 Å². The van der Waals surface area contributed by atoms with Crippen LogP contribution in [0.4, 0.5) is 5.00 Å². The van der Waals surface area contributed by atoms with Gasteiger partial charge in [-0.15, -0.1) is 34.5 Å². The number of thiophene rings is 1. The first-order valence-corrected chi connectivity index (χ1v) is 13.6. The summed E-state index contributed by atoms with van der Waals surface area (Å²) >= 11 is 40.0. The molecule has 1 amide bonds. The number of carbonyl (C=O) groups is 3. The number of rotatable bonds is 6. The number of nitrogens with one attached hydrogen (secondary N) is 1. The zero-order chi connectivity index (χ0) is 26.8. The molecule has 1 heterocycles. The predicted octanol–water partition coefficient (Wildman–Crippen LogP) is 7.00. The summed E-state index contributed by atoms with van der Waals surface area (Å²) in [6.07, 6.45) is 0. The van der Waals surface area contributed by atoms with E-state index in [0.717, 1.165) is 16.9 Å². The number of fused-ring (bicyclic) bond motifs is 2. The standard InChI is InChI=1S/C23H17Cl6NO5S/c1-3-35-20(34)12-11(10-7-5-4-6-8-10)9(2)36-18(12)30-17(31)13-14(19(32)33)22(27)16(25)15(24)21(13,26)23(22,28)29/h4-8,13-14H,3H2,1-2H3,(H,30,31)(H,32,33)/t13-,14-,21-,22-/m0/s1. The lowest BCUT2D eigenvalue weighted by atomic mass is 9.81. The summed E-state index contributed by atoms with van der Waals surface area (Å²) < 4.78 is 3.00. The lowest BCUT2D eigenvalue weighted by Crippen LogP contribution is -2.47. The van der Waals surface area contributed by atoms with Gasteiger partial charge in [-0.25, -0.2) is 4.79 Å². The molecule has 4 atom stereocenters.